The monoisotopic (exact) mass is 445 g/mol. The summed E-state index contributed by atoms with van der Waals surface area (Å²) in [6.07, 6.45) is 5.92. The van der Waals surface area contributed by atoms with Crippen LogP contribution in [0.25, 0.3) is 0 Å². The first-order chi connectivity index (χ1) is 15.4. The first-order valence-corrected chi connectivity index (χ1v) is 11.3. The predicted molar refractivity (Wildman–Crippen MR) is 115 cm³/mol. The molecule has 0 aliphatic carbocycles. The molecule has 0 saturated carbocycles. The highest BCUT2D eigenvalue weighted by molar-refractivity contribution is 5.93. The van der Waals surface area contributed by atoms with Crippen LogP contribution in [0.1, 0.15) is 73.3 Å². The lowest BCUT2D eigenvalue weighted by molar-refractivity contribution is -0.138. The van der Waals surface area contributed by atoms with Crippen molar-refractivity contribution in [2.45, 2.75) is 64.5 Å². The van der Waals surface area contributed by atoms with Crippen LogP contribution in [0, 0.1) is 0 Å². The SMILES string of the molecule is CC1CCCCN1C(=O)COC(=O)c1cccc(C(=O)OCC(=O)N2CCCCC2C)n1. The van der Waals surface area contributed by atoms with Gasteiger partial charge in [0.25, 0.3) is 11.8 Å². The molecule has 2 amide bonds. The van der Waals surface area contributed by atoms with E-state index in [1.807, 2.05) is 13.8 Å². The van der Waals surface area contributed by atoms with Gasteiger partial charge in [-0.1, -0.05) is 6.07 Å². The minimum Gasteiger partial charge on any atom is -0.451 e. The van der Waals surface area contributed by atoms with Crippen LogP contribution in [0.3, 0.4) is 0 Å². The number of nitrogens with zero attached hydrogens (tertiary/aromatic N) is 3. The minimum absolute atomic E-state index is 0.102. The molecule has 2 atom stereocenters. The quantitative estimate of drug-likeness (QED) is 0.618. The Morgan fingerprint density at radius 3 is 1.66 bits per heavy atom. The van der Waals surface area contributed by atoms with Crippen LogP contribution in [0.15, 0.2) is 18.2 Å². The van der Waals surface area contributed by atoms with Gasteiger partial charge in [0.15, 0.2) is 13.2 Å². The normalized spacial score (nSPS) is 21.1. The molecular weight excluding hydrogens is 414 g/mol. The van der Waals surface area contributed by atoms with Crippen LogP contribution in [0.2, 0.25) is 0 Å². The summed E-state index contributed by atoms with van der Waals surface area (Å²) in [5, 5.41) is 0. The zero-order valence-electron chi connectivity index (χ0n) is 18.7. The van der Waals surface area contributed by atoms with Crippen LogP contribution in [-0.4, -0.2) is 76.9 Å². The molecule has 9 heteroatoms. The van der Waals surface area contributed by atoms with Gasteiger partial charge in [-0.3, -0.25) is 9.59 Å². The Hall–Kier alpha value is -2.97. The van der Waals surface area contributed by atoms with Gasteiger partial charge in [0.1, 0.15) is 11.4 Å². The summed E-state index contributed by atoms with van der Waals surface area (Å²) >= 11 is 0. The molecule has 2 fully saturated rings. The summed E-state index contributed by atoms with van der Waals surface area (Å²) in [4.78, 5) is 56.8. The Morgan fingerprint density at radius 1 is 0.812 bits per heavy atom. The van der Waals surface area contributed by atoms with Crippen molar-refractivity contribution in [1.29, 1.82) is 0 Å². The molecule has 3 rings (SSSR count). The van der Waals surface area contributed by atoms with E-state index in [0.717, 1.165) is 38.5 Å². The van der Waals surface area contributed by atoms with Crippen LogP contribution >= 0.6 is 0 Å². The fourth-order valence-electron chi connectivity index (χ4n) is 4.17. The number of likely N-dealkylation sites (tertiary alicyclic amines) is 2. The molecule has 9 nitrogen and oxygen atoms in total. The van der Waals surface area contributed by atoms with Gasteiger partial charge in [-0.2, -0.15) is 0 Å². The van der Waals surface area contributed by atoms with Crippen LogP contribution in [0.5, 0.6) is 0 Å². The van der Waals surface area contributed by atoms with E-state index in [1.165, 1.54) is 18.2 Å². The highest BCUT2D eigenvalue weighted by atomic mass is 16.5. The molecule has 2 aliphatic heterocycles. The third-order valence-electron chi connectivity index (χ3n) is 6.07. The molecule has 0 radical (unpaired) electrons. The Labute approximate surface area is 188 Å². The number of esters is 2. The van der Waals surface area contributed by atoms with E-state index in [9.17, 15) is 19.2 Å². The zero-order valence-corrected chi connectivity index (χ0v) is 18.7. The molecule has 32 heavy (non-hydrogen) atoms. The molecular formula is C23H31N3O6. The number of hydrogen-bond donors (Lipinski definition) is 0. The highest BCUT2D eigenvalue weighted by Crippen LogP contribution is 2.17. The molecule has 174 valence electrons. The van der Waals surface area contributed by atoms with Gasteiger partial charge in [0, 0.05) is 25.2 Å². The zero-order chi connectivity index (χ0) is 23.1. The second-order valence-electron chi connectivity index (χ2n) is 8.42. The maximum Gasteiger partial charge on any atom is 0.357 e. The minimum atomic E-state index is -0.795. The molecule has 1 aromatic rings. The molecule has 2 aliphatic rings. The third-order valence-corrected chi connectivity index (χ3v) is 6.07. The molecule has 1 aromatic heterocycles. The molecule has 0 N–H and O–H groups in total. The Balaban J connectivity index is 1.51. The first-order valence-electron chi connectivity index (χ1n) is 11.3. The van der Waals surface area contributed by atoms with Crippen molar-refractivity contribution in [3.8, 4) is 0 Å². The van der Waals surface area contributed by atoms with Crippen molar-refractivity contribution < 1.29 is 28.7 Å². The standard InChI is InChI=1S/C23H31N3O6/c1-16-8-3-5-12-25(16)20(27)14-31-22(29)18-10-7-11-19(24-18)23(30)32-15-21(28)26-13-6-4-9-17(26)2/h7,10-11,16-17H,3-6,8-9,12-15H2,1-2H3. The molecule has 0 aromatic carbocycles. The smallest absolute Gasteiger partial charge is 0.357 e. The van der Waals surface area contributed by atoms with E-state index in [4.69, 9.17) is 9.47 Å². The number of hydrogen-bond acceptors (Lipinski definition) is 7. The van der Waals surface area contributed by atoms with Crippen molar-refractivity contribution in [3.63, 3.8) is 0 Å². The van der Waals surface area contributed by atoms with Gasteiger partial charge in [-0.25, -0.2) is 14.6 Å². The van der Waals surface area contributed by atoms with Gasteiger partial charge < -0.3 is 19.3 Å². The van der Waals surface area contributed by atoms with E-state index in [0.29, 0.717) is 13.1 Å². The Kier molecular flexibility index (Phi) is 8.19. The molecule has 2 saturated heterocycles. The fraction of sp³-hybridized carbons (Fsp3) is 0.609. The number of piperidine rings is 2. The summed E-state index contributed by atoms with van der Waals surface area (Å²) in [6, 6.07) is 4.52. The van der Waals surface area contributed by atoms with E-state index >= 15 is 0 Å². The number of aromatic nitrogens is 1. The van der Waals surface area contributed by atoms with Crippen LogP contribution in [0.4, 0.5) is 0 Å². The van der Waals surface area contributed by atoms with Gasteiger partial charge in [0.05, 0.1) is 0 Å². The average Bonchev–Trinajstić information content (AvgIpc) is 2.81. The van der Waals surface area contributed by atoms with E-state index in [2.05, 4.69) is 4.98 Å². The number of carbonyl (C=O) groups is 4. The van der Waals surface area contributed by atoms with Gasteiger partial charge in [0.2, 0.25) is 0 Å². The second kappa shape index (κ2) is 11.1. The molecule has 0 bridgehead atoms. The van der Waals surface area contributed by atoms with Gasteiger partial charge in [-0.05, 0) is 64.5 Å². The lowest BCUT2D eigenvalue weighted by Crippen LogP contribution is -2.44. The molecule has 2 unspecified atom stereocenters. The number of amides is 2. The highest BCUT2D eigenvalue weighted by Gasteiger charge is 2.26. The van der Waals surface area contributed by atoms with Crippen molar-refractivity contribution in [1.82, 2.24) is 14.8 Å². The Morgan fingerprint density at radius 2 is 1.25 bits per heavy atom. The lowest BCUT2D eigenvalue weighted by atomic mass is 10.0. The van der Waals surface area contributed by atoms with Gasteiger partial charge in [-0.15, -0.1) is 0 Å². The molecule has 0 spiro atoms. The summed E-state index contributed by atoms with van der Waals surface area (Å²) in [5.74, 6) is -2.08. The maximum atomic E-state index is 12.3. The summed E-state index contributed by atoms with van der Waals surface area (Å²) < 4.78 is 10.2. The molecule has 3 heterocycles. The van der Waals surface area contributed by atoms with Crippen LogP contribution < -0.4 is 0 Å². The van der Waals surface area contributed by atoms with Crippen molar-refractivity contribution >= 4 is 23.8 Å². The number of carbonyl (C=O) groups excluding carboxylic acids is 4. The number of pyridine rings is 1. The van der Waals surface area contributed by atoms with Crippen LogP contribution in [-0.2, 0) is 19.1 Å². The second-order valence-corrected chi connectivity index (χ2v) is 8.42. The number of rotatable bonds is 6. The predicted octanol–water partition coefficient (Wildman–Crippen LogP) is 2.20. The Bertz CT molecular complexity index is 793. The van der Waals surface area contributed by atoms with E-state index < -0.39 is 11.9 Å². The summed E-state index contributed by atoms with van der Waals surface area (Å²) in [6.45, 7) is 4.53. The van der Waals surface area contributed by atoms with E-state index in [1.54, 1.807) is 9.80 Å². The number of ether oxygens (including phenoxy) is 2. The van der Waals surface area contributed by atoms with E-state index in [-0.39, 0.29) is 48.5 Å². The van der Waals surface area contributed by atoms with Gasteiger partial charge >= 0.3 is 11.9 Å². The topological polar surface area (TPSA) is 106 Å². The first kappa shape index (κ1) is 23.7. The summed E-state index contributed by atoms with van der Waals surface area (Å²) in [7, 11) is 0. The fourth-order valence-corrected chi connectivity index (χ4v) is 4.17. The third kappa shape index (κ3) is 6.05. The maximum absolute atomic E-state index is 12.3. The van der Waals surface area contributed by atoms with Crippen molar-refractivity contribution in [2.75, 3.05) is 26.3 Å². The largest absolute Gasteiger partial charge is 0.451 e. The van der Waals surface area contributed by atoms with Crippen molar-refractivity contribution in [2.24, 2.45) is 0 Å². The summed E-state index contributed by atoms with van der Waals surface area (Å²) in [5.41, 5.74) is -0.204. The average molecular weight is 446 g/mol. The van der Waals surface area contributed by atoms with Crippen molar-refractivity contribution in [3.05, 3.63) is 29.6 Å². The lowest BCUT2D eigenvalue weighted by Gasteiger charge is -2.33.